The summed E-state index contributed by atoms with van der Waals surface area (Å²) in [5.74, 6) is -1.09. The standard InChI is InChI=1S/C6H4F2S.C6H9N5/c7-4-1-5(8)3-6(9)2-4;7-3-1-4(5(8)9)6(10)11-2-3/h1-3,9H;1-2H,7H2,(H3,8,9)(H2,10,11). The van der Waals surface area contributed by atoms with Gasteiger partial charge in [0, 0.05) is 11.0 Å². The number of halogens is 2. The van der Waals surface area contributed by atoms with Crippen molar-refractivity contribution in [1.29, 1.82) is 5.41 Å². The topological polar surface area (TPSA) is 115 Å². The maximum absolute atomic E-state index is 12.1. The smallest absolute Gasteiger partial charge is 0.134 e. The minimum absolute atomic E-state index is 0.123. The molecule has 0 atom stereocenters. The molecule has 20 heavy (non-hydrogen) atoms. The lowest BCUT2D eigenvalue weighted by Crippen LogP contribution is -2.14. The number of amidine groups is 1. The first-order valence-electron chi connectivity index (χ1n) is 5.30. The van der Waals surface area contributed by atoms with Crippen molar-refractivity contribution < 1.29 is 8.78 Å². The van der Waals surface area contributed by atoms with Gasteiger partial charge in [-0.1, -0.05) is 0 Å². The minimum atomic E-state index is -0.597. The monoisotopic (exact) mass is 297 g/mol. The highest BCUT2D eigenvalue weighted by molar-refractivity contribution is 7.80. The van der Waals surface area contributed by atoms with Gasteiger partial charge >= 0.3 is 0 Å². The second-order valence-corrected chi connectivity index (χ2v) is 4.26. The Morgan fingerprint density at radius 3 is 2.05 bits per heavy atom. The molecule has 0 saturated heterocycles. The maximum atomic E-state index is 12.1. The number of aromatic nitrogens is 1. The molecule has 5 nitrogen and oxygen atoms in total. The van der Waals surface area contributed by atoms with Gasteiger partial charge in [-0.05, 0) is 18.2 Å². The van der Waals surface area contributed by atoms with Gasteiger partial charge < -0.3 is 17.2 Å². The van der Waals surface area contributed by atoms with Gasteiger partial charge in [-0.3, -0.25) is 5.41 Å². The van der Waals surface area contributed by atoms with E-state index >= 15 is 0 Å². The van der Waals surface area contributed by atoms with Crippen molar-refractivity contribution in [2.45, 2.75) is 4.90 Å². The van der Waals surface area contributed by atoms with Gasteiger partial charge in [0.2, 0.25) is 0 Å². The number of hydrogen-bond acceptors (Lipinski definition) is 5. The summed E-state index contributed by atoms with van der Waals surface area (Å²) in [5.41, 5.74) is 16.8. The molecule has 0 radical (unpaired) electrons. The van der Waals surface area contributed by atoms with Crippen molar-refractivity contribution in [2.75, 3.05) is 11.5 Å². The number of pyridine rings is 1. The Morgan fingerprint density at radius 2 is 1.65 bits per heavy atom. The molecule has 0 unspecified atom stereocenters. The third kappa shape index (κ3) is 4.73. The molecule has 1 aromatic carbocycles. The number of nitrogens with zero attached hydrogens (tertiary/aromatic N) is 1. The average molecular weight is 297 g/mol. The summed E-state index contributed by atoms with van der Waals surface area (Å²) in [6, 6.07) is 4.61. The number of nitrogens with one attached hydrogen (secondary N) is 1. The molecule has 1 heterocycles. The summed E-state index contributed by atoms with van der Waals surface area (Å²) in [6.07, 6.45) is 1.42. The predicted octanol–water partition coefficient (Wildman–Crippen LogP) is 1.78. The summed E-state index contributed by atoms with van der Waals surface area (Å²) in [7, 11) is 0. The van der Waals surface area contributed by atoms with E-state index in [1.807, 2.05) is 0 Å². The quantitative estimate of drug-likeness (QED) is 0.313. The lowest BCUT2D eigenvalue weighted by atomic mass is 10.2. The Hall–Kier alpha value is -2.35. The van der Waals surface area contributed by atoms with Crippen LogP contribution >= 0.6 is 12.6 Å². The molecule has 0 amide bonds. The number of rotatable bonds is 1. The molecule has 0 spiro atoms. The zero-order valence-corrected chi connectivity index (χ0v) is 11.2. The zero-order valence-electron chi connectivity index (χ0n) is 10.3. The Labute approximate surface area is 119 Å². The number of anilines is 2. The van der Waals surface area contributed by atoms with Crippen molar-refractivity contribution in [1.82, 2.24) is 4.98 Å². The largest absolute Gasteiger partial charge is 0.397 e. The van der Waals surface area contributed by atoms with Gasteiger partial charge in [-0.2, -0.15) is 0 Å². The van der Waals surface area contributed by atoms with E-state index in [4.69, 9.17) is 22.6 Å². The fourth-order valence-corrected chi connectivity index (χ4v) is 1.49. The predicted molar refractivity (Wildman–Crippen MR) is 77.7 cm³/mol. The summed E-state index contributed by atoms with van der Waals surface area (Å²) in [5, 5.41) is 7.08. The van der Waals surface area contributed by atoms with E-state index in [1.165, 1.54) is 12.3 Å². The van der Waals surface area contributed by atoms with Crippen LogP contribution in [0.2, 0.25) is 0 Å². The van der Waals surface area contributed by atoms with E-state index in [0.29, 0.717) is 16.1 Å². The molecule has 0 bridgehead atoms. The summed E-state index contributed by atoms with van der Waals surface area (Å²) in [6.45, 7) is 0. The van der Waals surface area contributed by atoms with Crippen LogP contribution in [0.15, 0.2) is 35.4 Å². The highest BCUT2D eigenvalue weighted by Gasteiger charge is 2.02. The van der Waals surface area contributed by atoms with Gasteiger partial charge in [0.1, 0.15) is 23.3 Å². The van der Waals surface area contributed by atoms with Gasteiger partial charge in [0.15, 0.2) is 0 Å². The molecule has 1 aromatic heterocycles. The van der Waals surface area contributed by atoms with E-state index < -0.39 is 11.6 Å². The number of nitrogen functional groups attached to an aromatic ring is 3. The summed E-state index contributed by atoms with van der Waals surface area (Å²) < 4.78 is 24.3. The first kappa shape index (κ1) is 15.7. The van der Waals surface area contributed by atoms with E-state index in [2.05, 4.69) is 17.6 Å². The van der Waals surface area contributed by atoms with Crippen molar-refractivity contribution >= 4 is 30.0 Å². The lowest BCUT2D eigenvalue weighted by molar-refractivity contribution is 0.577. The van der Waals surface area contributed by atoms with Crippen LogP contribution in [-0.2, 0) is 0 Å². The third-order valence-corrected chi connectivity index (χ3v) is 2.34. The fourth-order valence-electron chi connectivity index (χ4n) is 1.25. The second-order valence-electron chi connectivity index (χ2n) is 3.74. The highest BCUT2D eigenvalue weighted by atomic mass is 32.1. The molecule has 0 fully saturated rings. The summed E-state index contributed by atoms with van der Waals surface area (Å²) in [4.78, 5) is 4.03. The third-order valence-electron chi connectivity index (χ3n) is 2.08. The molecular formula is C12H13F2N5S. The van der Waals surface area contributed by atoms with Crippen molar-refractivity contribution in [3.05, 3.63) is 47.7 Å². The average Bonchev–Trinajstić information content (AvgIpc) is 2.31. The van der Waals surface area contributed by atoms with Gasteiger partial charge in [0.05, 0.1) is 17.4 Å². The van der Waals surface area contributed by atoms with Gasteiger partial charge in [0.25, 0.3) is 0 Å². The Kier molecular flexibility index (Phi) is 5.27. The van der Waals surface area contributed by atoms with Crippen LogP contribution in [0.1, 0.15) is 5.56 Å². The van der Waals surface area contributed by atoms with Crippen molar-refractivity contribution in [3.8, 4) is 0 Å². The van der Waals surface area contributed by atoms with Gasteiger partial charge in [-0.25, -0.2) is 13.8 Å². The zero-order chi connectivity index (χ0) is 15.3. The molecule has 0 aliphatic carbocycles. The molecular weight excluding hydrogens is 284 g/mol. The van der Waals surface area contributed by atoms with Gasteiger partial charge in [-0.15, -0.1) is 12.6 Å². The second kappa shape index (κ2) is 6.71. The lowest BCUT2D eigenvalue weighted by Gasteiger charge is -2.02. The van der Waals surface area contributed by atoms with Crippen LogP contribution in [-0.4, -0.2) is 10.8 Å². The minimum Gasteiger partial charge on any atom is -0.397 e. The Bertz CT molecular complexity index is 583. The number of thiol groups is 1. The molecule has 0 aliphatic heterocycles. The first-order chi connectivity index (χ1) is 9.29. The highest BCUT2D eigenvalue weighted by Crippen LogP contribution is 2.11. The first-order valence-corrected chi connectivity index (χ1v) is 5.74. The van der Waals surface area contributed by atoms with Crippen LogP contribution in [0.25, 0.3) is 0 Å². The Morgan fingerprint density at radius 1 is 1.10 bits per heavy atom. The van der Waals surface area contributed by atoms with E-state index in [-0.39, 0.29) is 11.7 Å². The molecule has 7 N–H and O–H groups in total. The molecule has 0 aliphatic rings. The molecule has 2 aromatic rings. The fraction of sp³-hybridized carbons (Fsp3) is 0. The number of nitrogens with two attached hydrogens (primary N) is 3. The van der Waals surface area contributed by atoms with Crippen LogP contribution in [0.3, 0.4) is 0 Å². The normalized spacial score (nSPS) is 9.55. The molecule has 2 rings (SSSR count). The van der Waals surface area contributed by atoms with E-state index in [0.717, 1.165) is 18.2 Å². The van der Waals surface area contributed by atoms with Crippen LogP contribution in [0, 0.1) is 17.0 Å². The molecule has 8 heteroatoms. The van der Waals surface area contributed by atoms with Crippen LogP contribution in [0.4, 0.5) is 20.3 Å². The number of hydrogen-bond donors (Lipinski definition) is 5. The van der Waals surface area contributed by atoms with Crippen molar-refractivity contribution in [2.24, 2.45) is 5.73 Å². The maximum Gasteiger partial charge on any atom is 0.134 e. The van der Waals surface area contributed by atoms with Crippen molar-refractivity contribution in [3.63, 3.8) is 0 Å². The van der Waals surface area contributed by atoms with Crippen LogP contribution < -0.4 is 17.2 Å². The summed E-state index contributed by atoms with van der Waals surface area (Å²) >= 11 is 3.74. The van der Waals surface area contributed by atoms with Crippen LogP contribution in [0.5, 0.6) is 0 Å². The molecule has 0 saturated carbocycles. The Balaban J connectivity index is 0.000000204. The SMILES string of the molecule is Fc1cc(F)cc(S)c1.N=C(N)c1cc(N)cnc1N. The molecule has 106 valence electrons. The number of benzene rings is 1. The van der Waals surface area contributed by atoms with E-state index in [9.17, 15) is 8.78 Å². The van der Waals surface area contributed by atoms with E-state index in [1.54, 1.807) is 0 Å².